The smallest absolute Gasteiger partial charge is 0.0399 e. The third-order valence-corrected chi connectivity index (χ3v) is 4.85. The lowest BCUT2D eigenvalue weighted by atomic mass is 10.0. The fourth-order valence-corrected chi connectivity index (χ4v) is 3.72. The minimum Gasteiger partial charge on any atom is -0.306 e. The molecule has 1 heterocycles. The summed E-state index contributed by atoms with van der Waals surface area (Å²) in [6.45, 7) is 2.24. The first-order valence-corrected chi connectivity index (χ1v) is 7.08. The normalized spacial score (nSPS) is 22.9. The van der Waals surface area contributed by atoms with Gasteiger partial charge in [0.2, 0.25) is 0 Å². The predicted molar refractivity (Wildman–Crippen MR) is 70.3 cm³/mol. The number of hydrogen-bond donors (Lipinski definition) is 1. The number of thiophene rings is 1. The maximum Gasteiger partial charge on any atom is 0.0399 e. The van der Waals surface area contributed by atoms with Crippen LogP contribution in [0.25, 0.3) is 0 Å². The van der Waals surface area contributed by atoms with Crippen molar-refractivity contribution in [3.8, 4) is 0 Å². The molecule has 0 saturated heterocycles. The summed E-state index contributed by atoms with van der Waals surface area (Å²) < 4.78 is 1.24. The molecule has 0 amide bonds. The number of rotatable bonds is 3. The third-order valence-electron chi connectivity index (χ3n) is 2.79. The first-order chi connectivity index (χ1) is 7.27. The second-order valence-electron chi connectivity index (χ2n) is 4.00. The Bertz CT molecular complexity index is 345. The molecule has 1 aliphatic carbocycles. The van der Waals surface area contributed by atoms with Crippen molar-refractivity contribution in [2.24, 2.45) is 0 Å². The van der Waals surface area contributed by atoms with Crippen LogP contribution in [0.5, 0.6) is 0 Å². The van der Waals surface area contributed by atoms with Crippen LogP contribution in [0.4, 0.5) is 0 Å². The number of hydrogen-bond acceptors (Lipinski definition) is 2. The van der Waals surface area contributed by atoms with Crippen LogP contribution in [0.3, 0.4) is 0 Å². The van der Waals surface area contributed by atoms with Gasteiger partial charge >= 0.3 is 0 Å². The Labute approximate surface area is 104 Å². The Morgan fingerprint density at radius 1 is 1.53 bits per heavy atom. The first-order valence-electron chi connectivity index (χ1n) is 5.41. The van der Waals surface area contributed by atoms with E-state index in [4.69, 9.17) is 0 Å². The molecule has 1 aliphatic rings. The molecule has 0 saturated carbocycles. The van der Waals surface area contributed by atoms with Crippen molar-refractivity contribution >= 4 is 27.3 Å². The summed E-state index contributed by atoms with van der Waals surface area (Å²) in [5, 5.41) is 5.83. The van der Waals surface area contributed by atoms with Gasteiger partial charge in [0.25, 0.3) is 0 Å². The highest BCUT2D eigenvalue weighted by Crippen LogP contribution is 2.29. The van der Waals surface area contributed by atoms with Crippen LogP contribution in [0.15, 0.2) is 28.1 Å². The van der Waals surface area contributed by atoms with Crippen LogP contribution in [0, 0.1) is 0 Å². The topological polar surface area (TPSA) is 12.0 Å². The Morgan fingerprint density at radius 2 is 2.40 bits per heavy atom. The average molecular weight is 286 g/mol. The van der Waals surface area contributed by atoms with Crippen molar-refractivity contribution in [2.45, 2.75) is 38.3 Å². The Balaban J connectivity index is 1.94. The number of nitrogens with one attached hydrogen (secondary N) is 1. The lowest BCUT2D eigenvalue weighted by Crippen LogP contribution is -2.31. The molecule has 0 bridgehead atoms. The lowest BCUT2D eigenvalue weighted by Gasteiger charge is -2.23. The Morgan fingerprint density at radius 3 is 3.00 bits per heavy atom. The third kappa shape index (κ3) is 2.92. The largest absolute Gasteiger partial charge is 0.306 e. The van der Waals surface area contributed by atoms with Crippen LogP contribution in [-0.4, -0.2) is 6.04 Å². The van der Waals surface area contributed by atoms with Gasteiger partial charge in [-0.15, -0.1) is 11.3 Å². The van der Waals surface area contributed by atoms with Crippen molar-refractivity contribution in [3.05, 3.63) is 32.9 Å². The molecule has 0 fully saturated rings. The van der Waals surface area contributed by atoms with Gasteiger partial charge in [0.15, 0.2) is 0 Å². The number of allylic oxidation sites excluding steroid dienone is 1. The standard InChI is InChI=1S/C12H16BrNS/c1-9(12-11(13)7-8-15-12)14-10-5-3-2-4-6-10/h2-3,7-10,14H,4-6H2,1H3. The van der Waals surface area contributed by atoms with E-state index in [0.717, 1.165) is 0 Å². The lowest BCUT2D eigenvalue weighted by molar-refractivity contribution is 0.429. The summed E-state index contributed by atoms with van der Waals surface area (Å²) in [5.41, 5.74) is 0. The summed E-state index contributed by atoms with van der Waals surface area (Å²) in [6, 6.07) is 3.23. The highest BCUT2D eigenvalue weighted by molar-refractivity contribution is 9.10. The van der Waals surface area contributed by atoms with Crippen LogP contribution >= 0.6 is 27.3 Å². The van der Waals surface area contributed by atoms with Crippen LogP contribution in [0.1, 0.15) is 37.1 Å². The molecule has 1 nitrogen and oxygen atoms in total. The van der Waals surface area contributed by atoms with E-state index >= 15 is 0 Å². The van der Waals surface area contributed by atoms with Crippen molar-refractivity contribution in [1.29, 1.82) is 0 Å². The fourth-order valence-electron chi connectivity index (χ4n) is 1.99. The van der Waals surface area contributed by atoms with Crippen LogP contribution < -0.4 is 5.32 Å². The Hall–Kier alpha value is -0.120. The van der Waals surface area contributed by atoms with Crippen LogP contribution in [-0.2, 0) is 0 Å². The maximum absolute atomic E-state index is 3.69. The van der Waals surface area contributed by atoms with Gasteiger partial charge in [0.05, 0.1) is 0 Å². The minimum absolute atomic E-state index is 0.455. The quantitative estimate of drug-likeness (QED) is 0.818. The van der Waals surface area contributed by atoms with E-state index < -0.39 is 0 Å². The molecule has 1 N–H and O–H groups in total. The molecule has 0 spiro atoms. The summed E-state index contributed by atoms with van der Waals surface area (Å²) >= 11 is 5.41. The molecule has 0 radical (unpaired) electrons. The summed E-state index contributed by atoms with van der Waals surface area (Å²) in [4.78, 5) is 1.41. The molecule has 3 heteroatoms. The van der Waals surface area contributed by atoms with E-state index in [1.54, 1.807) is 0 Å². The van der Waals surface area contributed by atoms with E-state index in [0.29, 0.717) is 12.1 Å². The zero-order chi connectivity index (χ0) is 10.7. The van der Waals surface area contributed by atoms with Gasteiger partial charge in [0.1, 0.15) is 0 Å². The molecule has 0 aromatic carbocycles. The summed E-state index contributed by atoms with van der Waals surface area (Å²) in [5.74, 6) is 0. The molecule has 15 heavy (non-hydrogen) atoms. The van der Waals surface area contributed by atoms with Crippen LogP contribution in [0.2, 0.25) is 0 Å². The maximum atomic E-state index is 3.69. The highest BCUT2D eigenvalue weighted by Gasteiger charge is 2.16. The molecule has 2 unspecified atom stereocenters. The molecule has 82 valence electrons. The van der Waals surface area contributed by atoms with Gasteiger partial charge in [-0.2, -0.15) is 0 Å². The predicted octanol–water partition coefficient (Wildman–Crippen LogP) is 4.27. The highest BCUT2D eigenvalue weighted by atomic mass is 79.9. The molecule has 1 aromatic heterocycles. The van der Waals surface area contributed by atoms with E-state index in [1.807, 2.05) is 11.3 Å². The number of halogens is 1. The fraction of sp³-hybridized carbons (Fsp3) is 0.500. The van der Waals surface area contributed by atoms with E-state index in [-0.39, 0.29) is 0 Å². The Kier molecular flexibility index (Phi) is 4.00. The second-order valence-corrected chi connectivity index (χ2v) is 5.80. The van der Waals surface area contributed by atoms with Gasteiger partial charge in [0, 0.05) is 21.4 Å². The summed E-state index contributed by atoms with van der Waals surface area (Å²) in [6.07, 6.45) is 8.23. The van der Waals surface area contributed by atoms with Gasteiger partial charge in [-0.25, -0.2) is 0 Å². The minimum atomic E-state index is 0.455. The van der Waals surface area contributed by atoms with Crippen molar-refractivity contribution in [1.82, 2.24) is 5.32 Å². The van der Waals surface area contributed by atoms with Gasteiger partial charge in [-0.3, -0.25) is 0 Å². The second kappa shape index (κ2) is 5.28. The molecular formula is C12H16BrNS. The molecule has 2 rings (SSSR count). The van der Waals surface area contributed by atoms with Crippen molar-refractivity contribution in [3.63, 3.8) is 0 Å². The van der Waals surface area contributed by atoms with Crippen molar-refractivity contribution in [2.75, 3.05) is 0 Å². The van der Waals surface area contributed by atoms with Gasteiger partial charge in [-0.05, 0) is 53.6 Å². The average Bonchev–Trinajstić information content (AvgIpc) is 2.66. The van der Waals surface area contributed by atoms with E-state index in [1.165, 1.54) is 28.6 Å². The first kappa shape index (κ1) is 11.4. The zero-order valence-corrected chi connectivity index (χ0v) is 11.3. The summed E-state index contributed by atoms with van der Waals surface area (Å²) in [7, 11) is 0. The molecule has 2 atom stereocenters. The van der Waals surface area contributed by atoms with E-state index in [2.05, 4.69) is 51.8 Å². The monoisotopic (exact) mass is 285 g/mol. The van der Waals surface area contributed by atoms with Gasteiger partial charge < -0.3 is 5.32 Å². The molecular weight excluding hydrogens is 270 g/mol. The molecule has 0 aliphatic heterocycles. The molecule has 1 aromatic rings. The van der Waals surface area contributed by atoms with Gasteiger partial charge in [-0.1, -0.05) is 12.2 Å². The SMILES string of the molecule is CC(NC1CC=CCC1)c1sccc1Br. The zero-order valence-electron chi connectivity index (χ0n) is 8.87. The van der Waals surface area contributed by atoms with Crippen molar-refractivity contribution < 1.29 is 0 Å². The van der Waals surface area contributed by atoms with E-state index in [9.17, 15) is 0 Å².